The second-order valence-electron chi connectivity index (χ2n) is 5.61. The molecular formula is C16H27IN2O+2. The molecule has 0 aliphatic carbocycles. The van der Waals surface area contributed by atoms with Gasteiger partial charge in [-0.2, -0.15) is 0 Å². The van der Waals surface area contributed by atoms with Crippen molar-refractivity contribution in [2.45, 2.75) is 19.8 Å². The van der Waals surface area contributed by atoms with Gasteiger partial charge in [0.15, 0.2) is 0 Å². The molecule has 1 saturated heterocycles. The van der Waals surface area contributed by atoms with Crippen molar-refractivity contribution in [3.8, 4) is 5.75 Å². The number of rotatable bonds is 7. The van der Waals surface area contributed by atoms with Crippen LogP contribution < -0.4 is 14.5 Å². The summed E-state index contributed by atoms with van der Waals surface area (Å²) in [5, 5.41) is 0. The molecule has 0 bridgehead atoms. The Bertz CT molecular complexity index is 375. The molecule has 1 aliphatic rings. The summed E-state index contributed by atoms with van der Waals surface area (Å²) in [5.41, 5.74) is 0. The number of ether oxygens (including phenoxy) is 1. The van der Waals surface area contributed by atoms with E-state index in [-0.39, 0.29) is 0 Å². The minimum absolute atomic E-state index is 0.847. The second-order valence-corrected chi connectivity index (χ2v) is 6.86. The Hall–Kier alpha value is -0.330. The van der Waals surface area contributed by atoms with Crippen LogP contribution in [0.1, 0.15) is 19.8 Å². The van der Waals surface area contributed by atoms with Crippen LogP contribution in [-0.2, 0) is 0 Å². The molecule has 20 heavy (non-hydrogen) atoms. The molecule has 0 spiro atoms. The van der Waals surface area contributed by atoms with Crippen molar-refractivity contribution in [3.05, 3.63) is 27.8 Å². The van der Waals surface area contributed by atoms with Crippen LogP contribution in [0.25, 0.3) is 0 Å². The number of likely N-dealkylation sites (N-methyl/N-ethyl adjacent to an activating group) is 1. The monoisotopic (exact) mass is 390 g/mol. The standard InChI is InChI=1S/C16H25IN2O/c1-2-18-10-12-19(13-11-18)9-3-4-14-20-16-7-5-15(17)6-8-16/h5-8H,2-4,9-14H2,1H3/p+2. The van der Waals surface area contributed by atoms with E-state index in [1.165, 1.54) is 55.7 Å². The lowest BCUT2D eigenvalue weighted by Crippen LogP contribution is -3.28. The molecule has 1 aromatic rings. The lowest BCUT2D eigenvalue weighted by atomic mass is 10.2. The molecule has 1 aromatic carbocycles. The number of halogens is 1. The predicted molar refractivity (Wildman–Crippen MR) is 90.7 cm³/mol. The molecule has 112 valence electrons. The van der Waals surface area contributed by atoms with Crippen LogP contribution >= 0.6 is 22.6 Å². The smallest absolute Gasteiger partial charge is 0.127 e. The van der Waals surface area contributed by atoms with Crippen LogP contribution in [0.2, 0.25) is 0 Å². The first-order valence-corrected chi connectivity index (χ1v) is 8.91. The van der Waals surface area contributed by atoms with Crippen LogP contribution in [0.5, 0.6) is 5.75 Å². The first-order chi connectivity index (χ1) is 9.78. The molecule has 3 nitrogen and oxygen atoms in total. The predicted octanol–water partition coefficient (Wildman–Crippen LogP) is 0.254. The van der Waals surface area contributed by atoms with Gasteiger partial charge in [-0.05, 0) is 66.6 Å². The fourth-order valence-corrected chi connectivity index (χ4v) is 3.12. The number of piperazine rings is 1. The highest BCUT2D eigenvalue weighted by atomic mass is 127. The molecular weight excluding hydrogens is 363 g/mol. The van der Waals surface area contributed by atoms with E-state index in [1.54, 1.807) is 9.80 Å². The second kappa shape index (κ2) is 8.85. The highest BCUT2D eigenvalue weighted by Crippen LogP contribution is 2.13. The van der Waals surface area contributed by atoms with Gasteiger partial charge in [-0.25, -0.2) is 0 Å². The van der Waals surface area contributed by atoms with Crippen molar-refractivity contribution in [2.75, 3.05) is 45.9 Å². The molecule has 1 fully saturated rings. The average Bonchev–Trinajstić information content (AvgIpc) is 2.49. The van der Waals surface area contributed by atoms with Gasteiger partial charge in [-0.3, -0.25) is 0 Å². The Balaban J connectivity index is 1.52. The maximum absolute atomic E-state index is 5.77. The lowest BCUT2D eigenvalue weighted by Gasteiger charge is -2.28. The van der Waals surface area contributed by atoms with Gasteiger partial charge in [-0.1, -0.05) is 0 Å². The van der Waals surface area contributed by atoms with Gasteiger partial charge < -0.3 is 14.5 Å². The van der Waals surface area contributed by atoms with Crippen molar-refractivity contribution in [1.29, 1.82) is 0 Å². The van der Waals surface area contributed by atoms with Crippen LogP contribution in [0.4, 0.5) is 0 Å². The first-order valence-electron chi connectivity index (χ1n) is 7.83. The maximum Gasteiger partial charge on any atom is 0.127 e. The summed E-state index contributed by atoms with van der Waals surface area (Å²) in [6.07, 6.45) is 2.45. The van der Waals surface area contributed by atoms with E-state index in [2.05, 4.69) is 53.8 Å². The van der Waals surface area contributed by atoms with Gasteiger partial charge in [0.2, 0.25) is 0 Å². The van der Waals surface area contributed by atoms with Gasteiger partial charge in [-0.15, -0.1) is 0 Å². The Kier molecular flexibility index (Phi) is 7.10. The van der Waals surface area contributed by atoms with E-state index in [0.29, 0.717) is 0 Å². The summed E-state index contributed by atoms with van der Waals surface area (Å²) < 4.78 is 7.02. The molecule has 0 saturated carbocycles. The number of hydrogen-bond acceptors (Lipinski definition) is 1. The molecule has 4 heteroatoms. The summed E-state index contributed by atoms with van der Waals surface area (Å²) in [7, 11) is 0. The molecule has 1 heterocycles. The largest absolute Gasteiger partial charge is 0.494 e. The number of unbranched alkanes of at least 4 members (excludes halogenated alkanes) is 1. The van der Waals surface area contributed by atoms with E-state index in [0.717, 1.165) is 12.4 Å². The van der Waals surface area contributed by atoms with Gasteiger partial charge in [0.05, 0.1) is 19.7 Å². The number of nitrogens with one attached hydrogen (secondary N) is 2. The fraction of sp³-hybridized carbons (Fsp3) is 0.625. The summed E-state index contributed by atoms with van der Waals surface area (Å²) in [6.45, 7) is 11.1. The van der Waals surface area contributed by atoms with Crippen molar-refractivity contribution in [1.82, 2.24) is 0 Å². The van der Waals surface area contributed by atoms with E-state index in [1.807, 2.05) is 0 Å². The zero-order chi connectivity index (χ0) is 14.2. The van der Waals surface area contributed by atoms with Gasteiger partial charge >= 0.3 is 0 Å². The van der Waals surface area contributed by atoms with Crippen LogP contribution in [0, 0.1) is 3.57 Å². The maximum atomic E-state index is 5.77. The number of quaternary nitrogens is 2. The van der Waals surface area contributed by atoms with Crippen LogP contribution in [0.15, 0.2) is 24.3 Å². The fourth-order valence-electron chi connectivity index (χ4n) is 2.76. The molecule has 0 radical (unpaired) electrons. The Labute approximate surface area is 136 Å². The summed E-state index contributed by atoms with van der Waals surface area (Å²) in [4.78, 5) is 3.56. The topological polar surface area (TPSA) is 18.1 Å². The zero-order valence-electron chi connectivity index (χ0n) is 12.5. The summed E-state index contributed by atoms with van der Waals surface area (Å²) in [5.74, 6) is 0.998. The molecule has 2 N–H and O–H groups in total. The average molecular weight is 390 g/mol. The van der Waals surface area contributed by atoms with Crippen molar-refractivity contribution in [3.63, 3.8) is 0 Å². The highest BCUT2D eigenvalue weighted by Gasteiger charge is 2.20. The van der Waals surface area contributed by atoms with Gasteiger partial charge in [0, 0.05) is 3.57 Å². The minimum Gasteiger partial charge on any atom is -0.494 e. The molecule has 0 unspecified atom stereocenters. The Morgan fingerprint density at radius 3 is 2.30 bits per heavy atom. The summed E-state index contributed by atoms with van der Waals surface area (Å²) in [6, 6.07) is 8.30. The lowest BCUT2D eigenvalue weighted by molar-refractivity contribution is -1.01. The highest BCUT2D eigenvalue weighted by molar-refractivity contribution is 14.1. The molecule has 1 aliphatic heterocycles. The third-order valence-corrected chi connectivity index (χ3v) is 4.89. The van der Waals surface area contributed by atoms with Crippen molar-refractivity contribution < 1.29 is 14.5 Å². The molecule has 0 amide bonds. The summed E-state index contributed by atoms with van der Waals surface area (Å²) >= 11 is 2.32. The first kappa shape index (κ1) is 16.0. The molecule has 2 rings (SSSR count). The van der Waals surface area contributed by atoms with E-state index >= 15 is 0 Å². The van der Waals surface area contributed by atoms with Gasteiger partial charge in [0.25, 0.3) is 0 Å². The van der Waals surface area contributed by atoms with Crippen LogP contribution in [0.3, 0.4) is 0 Å². The quantitative estimate of drug-likeness (QED) is 0.505. The Morgan fingerprint density at radius 1 is 1.00 bits per heavy atom. The normalized spacial score (nSPS) is 22.7. The number of hydrogen-bond donors (Lipinski definition) is 2. The van der Waals surface area contributed by atoms with E-state index in [9.17, 15) is 0 Å². The molecule has 0 atom stereocenters. The van der Waals surface area contributed by atoms with Crippen molar-refractivity contribution in [2.24, 2.45) is 0 Å². The van der Waals surface area contributed by atoms with E-state index < -0.39 is 0 Å². The SMILES string of the molecule is CC[NH+]1CC[NH+](CCCCOc2ccc(I)cc2)CC1. The van der Waals surface area contributed by atoms with Crippen LogP contribution in [-0.4, -0.2) is 45.9 Å². The third kappa shape index (κ3) is 5.58. The van der Waals surface area contributed by atoms with Crippen molar-refractivity contribution >= 4 is 22.6 Å². The Morgan fingerprint density at radius 2 is 1.65 bits per heavy atom. The van der Waals surface area contributed by atoms with E-state index in [4.69, 9.17) is 4.74 Å². The third-order valence-electron chi connectivity index (χ3n) is 4.17. The number of benzene rings is 1. The van der Waals surface area contributed by atoms with Gasteiger partial charge in [0.1, 0.15) is 31.9 Å². The molecule has 0 aromatic heterocycles. The minimum atomic E-state index is 0.847. The zero-order valence-corrected chi connectivity index (χ0v) is 14.6.